The second-order valence-electron chi connectivity index (χ2n) is 5.72. The topological polar surface area (TPSA) is 75.7 Å². The molecule has 0 spiro atoms. The van der Waals surface area contributed by atoms with E-state index >= 15 is 0 Å². The van der Waals surface area contributed by atoms with E-state index in [0.29, 0.717) is 12.2 Å². The first-order chi connectivity index (χ1) is 9.49. The molecule has 2 amide bonds. The molecule has 0 aromatic carbocycles. The summed E-state index contributed by atoms with van der Waals surface area (Å²) in [6.45, 7) is 1.73. The third-order valence-corrected chi connectivity index (χ3v) is 5.51. The molecule has 6 nitrogen and oxygen atoms in total. The van der Waals surface area contributed by atoms with Gasteiger partial charge in [0.05, 0.1) is 4.87 Å². The quantitative estimate of drug-likeness (QED) is 0.754. The smallest absolute Gasteiger partial charge is 0.330 e. The summed E-state index contributed by atoms with van der Waals surface area (Å²) < 4.78 is 5.06. The fourth-order valence-electron chi connectivity index (χ4n) is 2.73. The summed E-state index contributed by atoms with van der Waals surface area (Å²) in [5, 5.41) is 2.76. The van der Waals surface area contributed by atoms with Crippen molar-refractivity contribution in [2.24, 2.45) is 0 Å². The van der Waals surface area contributed by atoms with Crippen molar-refractivity contribution in [1.29, 1.82) is 0 Å². The molecule has 1 saturated carbocycles. The van der Waals surface area contributed by atoms with Crippen LogP contribution in [-0.4, -0.2) is 52.0 Å². The Bertz CT molecular complexity index is 465. The molecule has 110 valence electrons. The fourth-order valence-corrected chi connectivity index (χ4v) is 4.14. The number of thioether (sulfide) groups is 1. The van der Waals surface area contributed by atoms with Crippen molar-refractivity contribution in [1.82, 2.24) is 10.2 Å². The minimum absolute atomic E-state index is 0.00174. The highest BCUT2D eigenvalue weighted by molar-refractivity contribution is 8.01. The normalized spacial score (nSPS) is 32.1. The van der Waals surface area contributed by atoms with Gasteiger partial charge < -0.3 is 15.0 Å². The van der Waals surface area contributed by atoms with Gasteiger partial charge in [-0.1, -0.05) is 0 Å². The van der Waals surface area contributed by atoms with Crippen LogP contribution in [0.25, 0.3) is 0 Å². The van der Waals surface area contributed by atoms with Gasteiger partial charge in [0.1, 0.15) is 6.04 Å². The SMILES string of the molecule is C[C@]12CCC(=O)N1[C@@H](C(=O)OCC(=O)NC1CC1)CS2. The van der Waals surface area contributed by atoms with Crippen LogP contribution < -0.4 is 5.32 Å². The Morgan fingerprint density at radius 2 is 2.25 bits per heavy atom. The molecule has 0 aromatic rings. The zero-order valence-electron chi connectivity index (χ0n) is 11.4. The van der Waals surface area contributed by atoms with Gasteiger partial charge in [0.15, 0.2) is 6.61 Å². The van der Waals surface area contributed by atoms with Gasteiger partial charge in [0.25, 0.3) is 5.91 Å². The van der Waals surface area contributed by atoms with Gasteiger partial charge >= 0.3 is 5.97 Å². The third kappa shape index (κ3) is 2.51. The average molecular weight is 298 g/mol. The van der Waals surface area contributed by atoms with E-state index < -0.39 is 12.0 Å². The monoisotopic (exact) mass is 298 g/mol. The number of fused-ring (bicyclic) bond motifs is 1. The Labute approximate surface area is 121 Å². The number of hydrogen-bond donors (Lipinski definition) is 1. The Balaban J connectivity index is 1.54. The van der Waals surface area contributed by atoms with Crippen LogP contribution in [0.5, 0.6) is 0 Å². The number of amides is 2. The van der Waals surface area contributed by atoms with Crippen molar-refractivity contribution in [3.63, 3.8) is 0 Å². The van der Waals surface area contributed by atoms with Crippen LogP contribution >= 0.6 is 11.8 Å². The summed E-state index contributed by atoms with van der Waals surface area (Å²) in [5.41, 5.74) is 0. The van der Waals surface area contributed by atoms with Gasteiger partial charge in [-0.05, 0) is 26.2 Å². The van der Waals surface area contributed by atoms with Crippen LogP contribution in [0.1, 0.15) is 32.6 Å². The Kier molecular flexibility index (Phi) is 3.40. The van der Waals surface area contributed by atoms with Gasteiger partial charge in [-0.25, -0.2) is 4.79 Å². The van der Waals surface area contributed by atoms with Crippen molar-refractivity contribution < 1.29 is 19.1 Å². The molecule has 2 saturated heterocycles. The van der Waals surface area contributed by atoms with Gasteiger partial charge in [0.2, 0.25) is 5.91 Å². The molecule has 3 rings (SSSR count). The number of nitrogens with zero attached hydrogens (tertiary/aromatic N) is 1. The molecule has 3 fully saturated rings. The van der Waals surface area contributed by atoms with E-state index in [1.807, 2.05) is 6.92 Å². The van der Waals surface area contributed by atoms with Crippen LogP contribution in [0.4, 0.5) is 0 Å². The first-order valence-corrected chi connectivity index (χ1v) is 7.90. The van der Waals surface area contributed by atoms with Crippen molar-refractivity contribution in [3.8, 4) is 0 Å². The molecule has 2 heterocycles. The lowest BCUT2D eigenvalue weighted by Crippen LogP contribution is -2.47. The summed E-state index contributed by atoms with van der Waals surface area (Å²) in [5.74, 6) is -0.183. The number of esters is 1. The molecule has 2 aliphatic heterocycles. The maximum absolute atomic E-state index is 12.1. The summed E-state index contributed by atoms with van der Waals surface area (Å²) in [6, 6.07) is -0.291. The maximum atomic E-state index is 12.1. The number of carbonyl (C=O) groups excluding carboxylic acids is 3. The van der Waals surface area contributed by atoms with Gasteiger partial charge in [-0.3, -0.25) is 9.59 Å². The van der Waals surface area contributed by atoms with Gasteiger partial charge in [-0.2, -0.15) is 0 Å². The molecule has 2 atom stereocenters. The first kappa shape index (κ1) is 13.7. The zero-order valence-corrected chi connectivity index (χ0v) is 12.2. The number of ether oxygens (including phenoxy) is 1. The lowest BCUT2D eigenvalue weighted by molar-refractivity contribution is -0.156. The fraction of sp³-hybridized carbons (Fsp3) is 0.769. The molecule has 20 heavy (non-hydrogen) atoms. The van der Waals surface area contributed by atoms with E-state index in [9.17, 15) is 14.4 Å². The van der Waals surface area contributed by atoms with E-state index in [1.165, 1.54) is 0 Å². The molecule has 0 radical (unpaired) electrons. The third-order valence-electron chi connectivity index (χ3n) is 4.00. The van der Waals surface area contributed by atoms with Crippen LogP contribution in [0.3, 0.4) is 0 Å². The highest BCUT2D eigenvalue weighted by Gasteiger charge is 2.53. The highest BCUT2D eigenvalue weighted by Crippen LogP contribution is 2.47. The predicted octanol–water partition coefficient (Wildman–Crippen LogP) is 0.262. The summed E-state index contributed by atoms with van der Waals surface area (Å²) in [7, 11) is 0. The minimum atomic E-state index is -0.547. The van der Waals surface area contributed by atoms with E-state index in [1.54, 1.807) is 16.7 Å². The molecule has 7 heteroatoms. The maximum Gasteiger partial charge on any atom is 0.330 e. The number of carbonyl (C=O) groups is 3. The standard InChI is InChI=1S/C13H18N2O4S/c1-13-5-4-11(17)15(13)9(7-20-13)12(18)19-6-10(16)14-8-2-3-8/h8-9H,2-7H2,1H3,(H,14,16)/t9-,13+/m1/s1. The van der Waals surface area contributed by atoms with Crippen LogP contribution in [0, 0.1) is 0 Å². The minimum Gasteiger partial charge on any atom is -0.454 e. The first-order valence-electron chi connectivity index (χ1n) is 6.92. The second-order valence-corrected chi connectivity index (χ2v) is 7.22. The molecule has 3 aliphatic rings. The van der Waals surface area contributed by atoms with Gasteiger partial charge in [-0.15, -0.1) is 11.8 Å². The van der Waals surface area contributed by atoms with Crippen molar-refractivity contribution >= 4 is 29.5 Å². The van der Waals surface area contributed by atoms with E-state index in [4.69, 9.17) is 4.74 Å². The molecule has 1 N–H and O–H groups in total. The highest BCUT2D eigenvalue weighted by atomic mass is 32.2. The average Bonchev–Trinajstić information content (AvgIpc) is 3.07. The van der Waals surface area contributed by atoms with Crippen molar-refractivity contribution in [2.75, 3.05) is 12.4 Å². The van der Waals surface area contributed by atoms with Crippen LogP contribution in [0.15, 0.2) is 0 Å². The molecule has 0 bridgehead atoms. The lowest BCUT2D eigenvalue weighted by Gasteiger charge is -2.29. The largest absolute Gasteiger partial charge is 0.454 e. The molecule has 0 unspecified atom stereocenters. The summed E-state index contributed by atoms with van der Waals surface area (Å²) in [6.07, 6.45) is 3.25. The van der Waals surface area contributed by atoms with Crippen LogP contribution in [0.2, 0.25) is 0 Å². The summed E-state index contributed by atoms with van der Waals surface area (Å²) in [4.78, 5) is 36.8. The molecule has 1 aliphatic carbocycles. The predicted molar refractivity (Wildman–Crippen MR) is 72.9 cm³/mol. The van der Waals surface area contributed by atoms with E-state index in [0.717, 1.165) is 19.3 Å². The van der Waals surface area contributed by atoms with Crippen molar-refractivity contribution in [3.05, 3.63) is 0 Å². The molecular formula is C13H18N2O4S. The van der Waals surface area contributed by atoms with Gasteiger partial charge in [0, 0.05) is 18.2 Å². The Morgan fingerprint density at radius 1 is 1.50 bits per heavy atom. The Morgan fingerprint density at radius 3 is 2.95 bits per heavy atom. The summed E-state index contributed by atoms with van der Waals surface area (Å²) >= 11 is 1.61. The van der Waals surface area contributed by atoms with E-state index in [2.05, 4.69) is 5.32 Å². The zero-order chi connectivity index (χ0) is 14.3. The van der Waals surface area contributed by atoms with Crippen molar-refractivity contribution in [2.45, 2.75) is 49.6 Å². The molecule has 0 aromatic heterocycles. The van der Waals surface area contributed by atoms with E-state index in [-0.39, 0.29) is 29.3 Å². The second kappa shape index (κ2) is 4.95. The van der Waals surface area contributed by atoms with Crippen LogP contribution in [-0.2, 0) is 19.1 Å². The number of rotatable bonds is 4. The number of hydrogen-bond acceptors (Lipinski definition) is 5. The Hall–Kier alpha value is -1.24. The molecular weight excluding hydrogens is 280 g/mol. The number of nitrogens with one attached hydrogen (secondary N) is 1. The lowest BCUT2D eigenvalue weighted by atomic mass is 10.2.